The molecule has 1 fully saturated rings. The van der Waals surface area contributed by atoms with Gasteiger partial charge < -0.3 is 5.11 Å². The van der Waals surface area contributed by atoms with E-state index in [0.717, 1.165) is 13.0 Å². The summed E-state index contributed by atoms with van der Waals surface area (Å²) in [6, 6.07) is 5.50. The summed E-state index contributed by atoms with van der Waals surface area (Å²) >= 11 is 0. The topological polar surface area (TPSA) is 62.8 Å². The lowest BCUT2D eigenvalue weighted by molar-refractivity contribution is -0.100. The molecule has 0 unspecified atom stereocenters. The number of pyridine rings is 1. The molecular weight excluding hydrogens is 244 g/mol. The molecule has 0 spiro atoms. The summed E-state index contributed by atoms with van der Waals surface area (Å²) in [6.07, 6.45) is 2.50. The Hall–Kier alpha value is -1.66. The van der Waals surface area contributed by atoms with Gasteiger partial charge in [0.05, 0.1) is 12.1 Å². The summed E-state index contributed by atoms with van der Waals surface area (Å²) in [6.45, 7) is 4.66. The van der Waals surface area contributed by atoms with E-state index in [1.807, 2.05) is 25.1 Å². The van der Waals surface area contributed by atoms with Crippen molar-refractivity contribution in [3.63, 3.8) is 0 Å². The Morgan fingerprint density at radius 3 is 2.84 bits per heavy atom. The molecule has 1 aliphatic heterocycles. The molecule has 6 heteroatoms. The van der Waals surface area contributed by atoms with Gasteiger partial charge in [0.1, 0.15) is 0 Å². The highest BCUT2D eigenvalue weighted by atomic mass is 16.3. The summed E-state index contributed by atoms with van der Waals surface area (Å²) in [7, 11) is 0. The molecule has 19 heavy (non-hydrogen) atoms. The van der Waals surface area contributed by atoms with Crippen molar-refractivity contribution in [2.45, 2.75) is 25.5 Å². The van der Waals surface area contributed by atoms with E-state index in [4.69, 9.17) is 0 Å². The number of hydrogen-bond donors (Lipinski definition) is 1. The van der Waals surface area contributed by atoms with Gasteiger partial charge in [0.2, 0.25) is 0 Å². The van der Waals surface area contributed by atoms with Crippen molar-refractivity contribution in [3.05, 3.63) is 34.9 Å². The van der Waals surface area contributed by atoms with Gasteiger partial charge in [-0.3, -0.25) is 9.30 Å². The van der Waals surface area contributed by atoms with Crippen LogP contribution in [0.15, 0.2) is 29.2 Å². The number of hydrogen-bond acceptors (Lipinski definition) is 4. The van der Waals surface area contributed by atoms with Gasteiger partial charge in [-0.1, -0.05) is 13.0 Å². The average molecular weight is 262 g/mol. The Balaban J connectivity index is 1.67. The van der Waals surface area contributed by atoms with Crippen LogP contribution in [-0.2, 0) is 6.54 Å². The first-order valence-electron chi connectivity index (χ1n) is 6.60. The third kappa shape index (κ3) is 2.17. The molecule has 3 rings (SSSR count). The lowest BCUT2D eigenvalue weighted by Crippen LogP contribution is -2.61. The van der Waals surface area contributed by atoms with Crippen LogP contribution >= 0.6 is 0 Å². The zero-order valence-electron chi connectivity index (χ0n) is 11.0. The van der Waals surface area contributed by atoms with Crippen molar-refractivity contribution in [2.75, 3.05) is 19.6 Å². The highest BCUT2D eigenvalue weighted by molar-refractivity contribution is 5.35. The van der Waals surface area contributed by atoms with Crippen molar-refractivity contribution in [2.24, 2.45) is 0 Å². The van der Waals surface area contributed by atoms with E-state index in [0.29, 0.717) is 25.3 Å². The third-order valence-corrected chi connectivity index (χ3v) is 3.81. The maximum Gasteiger partial charge on any atom is 0.350 e. The molecule has 1 aliphatic rings. The Bertz CT molecular complexity index is 639. The van der Waals surface area contributed by atoms with Crippen molar-refractivity contribution in [1.82, 2.24) is 19.1 Å². The van der Waals surface area contributed by atoms with Crippen LogP contribution in [0.3, 0.4) is 0 Å². The van der Waals surface area contributed by atoms with E-state index in [2.05, 4.69) is 10.00 Å². The van der Waals surface area contributed by atoms with Gasteiger partial charge in [-0.05, 0) is 18.6 Å². The van der Waals surface area contributed by atoms with Gasteiger partial charge in [-0.25, -0.2) is 9.48 Å². The fraction of sp³-hybridized carbons (Fsp3) is 0.538. The Morgan fingerprint density at radius 1 is 1.37 bits per heavy atom. The molecule has 0 atom stereocenters. The van der Waals surface area contributed by atoms with Gasteiger partial charge in [0.25, 0.3) is 0 Å². The van der Waals surface area contributed by atoms with Crippen molar-refractivity contribution >= 4 is 5.65 Å². The molecule has 3 heterocycles. The second-order valence-electron chi connectivity index (χ2n) is 5.22. The molecule has 2 aromatic rings. The van der Waals surface area contributed by atoms with Crippen LogP contribution in [0.1, 0.15) is 13.3 Å². The molecule has 0 aromatic carbocycles. The summed E-state index contributed by atoms with van der Waals surface area (Å²) in [5.74, 6) is 0. The fourth-order valence-electron chi connectivity index (χ4n) is 2.52. The largest absolute Gasteiger partial charge is 0.387 e. The molecule has 102 valence electrons. The van der Waals surface area contributed by atoms with Crippen molar-refractivity contribution in [1.29, 1.82) is 0 Å². The first-order valence-corrected chi connectivity index (χ1v) is 6.60. The minimum absolute atomic E-state index is 0.109. The lowest BCUT2D eigenvalue weighted by Gasteiger charge is -2.46. The molecule has 6 nitrogen and oxygen atoms in total. The van der Waals surface area contributed by atoms with E-state index in [9.17, 15) is 9.90 Å². The second kappa shape index (κ2) is 4.47. The van der Waals surface area contributed by atoms with Gasteiger partial charge in [-0.2, -0.15) is 0 Å². The number of likely N-dealkylation sites (tertiary alicyclic amines) is 1. The van der Waals surface area contributed by atoms with E-state index < -0.39 is 5.60 Å². The number of β-amino-alcohol motifs (C(OH)–C–C–N with tert-alkyl or cyclic N) is 1. The SMILES string of the molecule is CCC1(O)CN(CCn2nc3ccccn3c2=O)C1. The predicted octanol–water partition coefficient (Wildman–Crippen LogP) is -0.0473. The quantitative estimate of drug-likeness (QED) is 0.839. The molecule has 0 bridgehead atoms. The van der Waals surface area contributed by atoms with Gasteiger partial charge in [-0.15, -0.1) is 5.10 Å². The molecule has 0 radical (unpaired) electrons. The van der Waals surface area contributed by atoms with Crippen LogP contribution in [0.4, 0.5) is 0 Å². The van der Waals surface area contributed by atoms with E-state index in [-0.39, 0.29) is 5.69 Å². The molecule has 0 saturated carbocycles. The number of fused-ring (bicyclic) bond motifs is 1. The fourth-order valence-corrected chi connectivity index (χ4v) is 2.52. The first kappa shape index (κ1) is 12.4. The molecule has 1 N–H and O–H groups in total. The minimum Gasteiger partial charge on any atom is -0.387 e. The maximum atomic E-state index is 12.0. The molecule has 0 aliphatic carbocycles. The van der Waals surface area contributed by atoms with Crippen molar-refractivity contribution < 1.29 is 5.11 Å². The monoisotopic (exact) mass is 262 g/mol. The minimum atomic E-state index is -0.524. The summed E-state index contributed by atoms with van der Waals surface area (Å²) in [5.41, 5.74) is 0.0344. The van der Waals surface area contributed by atoms with Crippen molar-refractivity contribution in [3.8, 4) is 0 Å². The summed E-state index contributed by atoms with van der Waals surface area (Å²) in [5, 5.41) is 14.2. The lowest BCUT2D eigenvalue weighted by atomic mass is 9.91. The number of rotatable bonds is 4. The Labute approximate surface area is 110 Å². The molecule has 1 saturated heterocycles. The maximum absolute atomic E-state index is 12.0. The van der Waals surface area contributed by atoms with Crippen LogP contribution < -0.4 is 5.69 Å². The van der Waals surface area contributed by atoms with Crippen LogP contribution in [0.25, 0.3) is 5.65 Å². The Morgan fingerprint density at radius 2 is 2.16 bits per heavy atom. The van der Waals surface area contributed by atoms with Crippen LogP contribution in [0.2, 0.25) is 0 Å². The average Bonchev–Trinajstić information content (AvgIpc) is 2.71. The third-order valence-electron chi connectivity index (χ3n) is 3.81. The van der Waals surface area contributed by atoms with Gasteiger partial charge >= 0.3 is 5.69 Å². The first-order chi connectivity index (χ1) is 9.11. The number of aromatic nitrogens is 3. The second-order valence-corrected chi connectivity index (χ2v) is 5.22. The smallest absolute Gasteiger partial charge is 0.350 e. The van der Waals surface area contributed by atoms with Gasteiger partial charge in [0.15, 0.2) is 5.65 Å². The molecule has 2 aromatic heterocycles. The molecule has 0 amide bonds. The summed E-state index contributed by atoms with van der Waals surface area (Å²) < 4.78 is 3.02. The van der Waals surface area contributed by atoms with E-state index in [1.165, 1.54) is 4.68 Å². The van der Waals surface area contributed by atoms with Gasteiger partial charge in [0, 0.05) is 25.8 Å². The van der Waals surface area contributed by atoms with E-state index in [1.54, 1.807) is 10.6 Å². The zero-order chi connectivity index (χ0) is 13.5. The zero-order valence-corrected chi connectivity index (χ0v) is 11.0. The molecular formula is C13H18N4O2. The Kier molecular flexibility index (Phi) is 2.91. The van der Waals surface area contributed by atoms with E-state index >= 15 is 0 Å². The standard InChI is InChI=1S/C13H18N4O2/c1-2-13(19)9-15(10-13)7-8-17-12(18)16-6-4-3-5-11(16)14-17/h3-6,19H,2,7-10H2,1H3. The predicted molar refractivity (Wildman–Crippen MR) is 71.1 cm³/mol. The van der Waals surface area contributed by atoms with Crippen LogP contribution in [-0.4, -0.2) is 49.4 Å². The normalized spacial score (nSPS) is 18.6. The summed E-state index contributed by atoms with van der Waals surface area (Å²) in [4.78, 5) is 14.2. The highest BCUT2D eigenvalue weighted by Gasteiger charge is 2.38. The number of nitrogens with zero attached hydrogens (tertiary/aromatic N) is 4. The highest BCUT2D eigenvalue weighted by Crippen LogP contribution is 2.23. The van der Waals surface area contributed by atoms with Crippen LogP contribution in [0.5, 0.6) is 0 Å². The van der Waals surface area contributed by atoms with Crippen LogP contribution in [0, 0.1) is 0 Å². The number of aliphatic hydroxyl groups is 1.